The van der Waals surface area contributed by atoms with Gasteiger partial charge >= 0.3 is 5.97 Å². The van der Waals surface area contributed by atoms with E-state index in [2.05, 4.69) is 5.32 Å². The average Bonchev–Trinajstić information content (AvgIpc) is 3.13. The molecule has 0 aromatic heterocycles. The van der Waals surface area contributed by atoms with Gasteiger partial charge in [-0.25, -0.2) is 0 Å². The van der Waals surface area contributed by atoms with Crippen molar-refractivity contribution in [1.29, 1.82) is 0 Å². The van der Waals surface area contributed by atoms with Crippen molar-refractivity contribution in [2.45, 2.75) is 44.9 Å². The number of carboxylic acids is 1. The van der Waals surface area contributed by atoms with Gasteiger partial charge in [-0.05, 0) is 61.1 Å². The topological polar surface area (TPSA) is 83.5 Å². The minimum atomic E-state index is -0.918. The fourth-order valence-electron chi connectivity index (χ4n) is 3.37. The Morgan fingerprint density at radius 3 is 2.59 bits per heavy atom. The Hall–Kier alpha value is -2.95. The molecule has 0 radical (unpaired) electrons. The SMILES string of the molecule is CC(C(=O)O)c1cccc(NC(=O)CCC(=O)c2ccc3c(c2)CCC3)c1. The van der Waals surface area contributed by atoms with Crippen LogP contribution in [0.5, 0.6) is 0 Å². The predicted molar refractivity (Wildman–Crippen MR) is 103 cm³/mol. The van der Waals surface area contributed by atoms with Gasteiger partial charge in [0.1, 0.15) is 0 Å². The van der Waals surface area contributed by atoms with Crippen LogP contribution >= 0.6 is 0 Å². The lowest BCUT2D eigenvalue weighted by Crippen LogP contribution is -2.14. The first-order chi connectivity index (χ1) is 12.9. The van der Waals surface area contributed by atoms with Crippen LogP contribution in [0.15, 0.2) is 42.5 Å². The molecule has 27 heavy (non-hydrogen) atoms. The zero-order valence-electron chi connectivity index (χ0n) is 15.3. The quantitative estimate of drug-likeness (QED) is 0.728. The molecule has 0 spiro atoms. The van der Waals surface area contributed by atoms with E-state index in [1.54, 1.807) is 31.2 Å². The zero-order valence-corrected chi connectivity index (χ0v) is 15.3. The van der Waals surface area contributed by atoms with Crippen molar-refractivity contribution in [3.63, 3.8) is 0 Å². The molecule has 1 aliphatic carbocycles. The Bertz CT molecular complexity index is 888. The third kappa shape index (κ3) is 4.61. The predicted octanol–water partition coefficient (Wildman–Crippen LogP) is 3.97. The lowest BCUT2D eigenvalue weighted by molar-refractivity contribution is -0.138. The van der Waals surface area contributed by atoms with E-state index in [4.69, 9.17) is 5.11 Å². The van der Waals surface area contributed by atoms with E-state index in [1.807, 2.05) is 18.2 Å². The van der Waals surface area contributed by atoms with Gasteiger partial charge in [0.2, 0.25) is 5.91 Å². The molecule has 5 nitrogen and oxygen atoms in total. The van der Waals surface area contributed by atoms with Crippen LogP contribution in [0.25, 0.3) is 0 Å². The summed E-state index contributed by atoms with van der Waals surface area (Å²) in [5.41, 5.74) is 4.39. The van der Waals surface area contributed by atoms with Crippen LogP contribution in [0.3, 0.4) is 0 Å². The monoisotopic (exact) mass is 365 g/mol. The molecule has 2 N–H and O–H groups in total. The van der Waals surface area contributed by atoms with Gasteiger partial charge in [-0.2, -0.15) is 0 Å². The van der Waals surface area contributed by atoms with Crippen LogP contribution in [-0.2, 0) is 22.4 Å². The summed E-state index contributed by atoms with van der Waals surface area (Å²) in [7, 11) is 0. The molecule has 5 heteroatoms. The first-order valence-corrected chi connectivity index (χ1v) is 9.21. The van der Waals surface area contributed by atoms with Gasteiger partial charge in [0, 0.05) is 24.1 Å². The number of amides is 1. The fraction of sp³-hybridized carbons (Fsp3) is 0.318. The van der Waals surface area contributed by atoms with E-state index in [0.29, 0.717) is 16.8 Å². The zero-order chi connectivity index (χ0) is 19.4. The van der Waals surface area contributed by atoms with Crippen molar-refractivity contribution in [2.24, 2.45) is 0 Å². The molecule has 3 rings (SSSR count). The number of ketones is 1. The lowest BCUT2D eigenvalue weighted by Gasteiger charge is -2.10. The van der Waals surface area contributed by atoms with Crippen LogP contribution in [0.2, 0.25) is 0 Å². The van der Waals surface area contributed by atoms with Crippen molar-refractivity contribution in [2.75, 3.05) is 5.32 Å². The molecule has 2 aromatic carbocycles. The number of anilines is 1. The van der Waals surface area contributed by atoms with Crippen molar-refractivity contribution in [3.8, 4) is 0 Å². The summed E-state index contributed by atoms with van der Waals surface area (Å²) in [5.74, 6) is -1.86. The maximum Gasteiger partial charge on any atom is 0.310 e. The van der Waals surface area contributed by atoms with Gasteiger partial charge in [0.15, 0.2) is 5.78 Å². The van der Waals surface area contributed by atoms with E-state index in [1.165, 1.54) is 11.1 Å². The van der Waals surface area contributed by atoms with Gasteiger partial charge in [-0.3, -0.25) is 14.4 Å². The van der Waals surface area contributed by atoms with Crippen LogP contribution in [0, 0.1) is 0 Å². The first kappa shape index (κ1) is 18.8. The van der Waals surface area contributed by atoms with Crippen LogP contribution < -0.4 is 5.32 Å². The van der Waals surface area contributed by atoms with Gasteiger partial charge in [-0.15, -0.1) is 0 Å². The number of benzene rings is 2. The fourth-order valence-corrected chi connectivity index (χ4v) is 3.37. The number of hydrogen-bond acceptors (Lipinski definition) is 3. The van der Waals surface area contributed by atoms with E-state index < -0.39 is 11.9 Å². The Morgan fingerprint density at radius 1 is 1.04 bits per heavy atom. The highest BCUT2D eigenvalue weighted by molar-refractivity contribution is 6.00. The number of aliphatic carboxylic acids is 1. The number of fused-ring (bicyclic) bond motifs is 1. The summed E-state index contributed by atoms with van der Waals surface area (Å²) < 4.78 is 0. The largest absolute Gasteiger partial charge is 0.481 e. The molecule has 1 aliphatic rings. The van der Waals surface area contributed by atoms with E-state index >= 15 is 0 Å². The van der Waals surface area contributed by atoms with Crippen molar-refractivity contribution >= 4 is 23.3 Å². The highest BCUT2D eigenvalue weighted by atomic mass is 16.4. The Labute approximate surface area is 158 Å². The van der Waals surface area contributed by atoms with E-state index in [9.17, 15) is 14.4 Å². The third-order valence-corrected chi connectivity index (χ3v) is 5.04. The summed E-state index contributed by atoms with van der Waals surface area (Å²) in [6.07, 6.45) is 3.47. The lowest BCUT2D eigenvalue weighted by atomic mass is 10.0. The molecule has 1 amide bonds. The minimum absolute atomic E-state index is 0.0342. The maximum atomic E-state index is 12.4. The molecule has 2 aromatic rings. The van der Waals surface area contributed by atoms with Crippen molar-refractivity contribution in [1.82, 2.24) is 0 Å². The molecule has 140 valence electrons. The summed E-state index contributed by atoms with van der Waals surface area (Å²) >= 11 is 0. The van der Waals surface area contributed by atoms with Gasteiger partial charge in [0.05, 0.1) is 5.92 Å². The summed E-state index contributed by atoms with van der Waals surface area (Å²) in [6.45, 7) is 1.60. The molecule has 0 heterocycles. The molecule has 1 unspecified atom stereocenters. The van der Waals surface area contributed by atoms with E-state index in [0.717, 1.165) is 19.3 Å². The minimum Gasteiger partial charge on any atom is -0.481 e. The highest BCUT2D eigenvalue weighted by Gasteiger charge is 2.16. The second-order valence-electron chi connectivity index (χ2n) is 6.99. The van der Waals surface area contributed by atoms with Crippen LogP contribution in [0.4, 0.5) is 5.69 Å². The summed E-state index contributed by atoms with van der Waals surface area (Å²) in [4.78, 5) is 35.6. The third-order valence-electron chi connectivity index (χ3n) is 5.04. The Kier molecular flexibility index (Phi) is 5.69. The van der Waals surface area contributed by atoms with Crippen LogP contribution in [0.1, 0.15) is 59.2 Å². The molecule has 0 saturated carbocycles. The molecule has 0 aliphatic heterocycles. The summed E-state index contributed by atoms with van der Waals surface area (Å²) in [5, 5.41) is 11.8. The summed E-state index contributed by atoms with van der Waals surface area (Å²) in [6, 6.07) is 12.6. The molecular formula is C22H23NO4. The number of rotatable bonds is 7. The second-order valence-corrected chi connectivity index (χ2v) is 6.99. The van der Waals surface area contributed by atoms with Crippen molar-refractivity contribution in [3.05, 3.63) is 64.7 Å². The number of Topliss-reactive ketones (excluding diaryl/α,β-unsaturated/α-hetero) is 1. The van der Waals surface area contributed by atoms with Gasteiger partial charge < -0.3 is 10.4 Å². The number of hydrogen-bond donors (Lipinski definition) is 2. The molecular weight excluding hydrogens is 342 g/mol. The number of carbonyl (C=O) groups excluding carboxylic acids is 2. The normalized spacial score (nSPS) is 13.7. The van der Waals surface area contributed by atoms with Crippen LogP contribution in [-0.4, -0.2) is 22.8 Å². The average molecular weight is 365 g/mol. The van der Waals surface area contributed by atoms with Gasteiger partial charge in [-0.1, -0.05) is 24.3 Å². The molecule has 1 atom stereocenters. The number of aryl methyl sites for hydroxylation is 2. The number of carbonyl (C=O) groups is 3. The Morgan fingerprint density at radius 2 is 1.81 bits per heavy atom. The first-order valence-electron chi connectivity index (χ1n) is 9.21. The second kappa shape index (κ2) is 8.16. The van der Waals surface area contributed by atoms with Crippen molar-refractivity contribution < 1.29 is 19.5 Å². The number of carboxylic acid groups (broad SMARTS) is 1. The molecule has 0 fully saturated rings. The van der Waals surface area contributed by atoms with Gasteiger partial charge in [0.25, 0.3) is 0 Å². The number of nitrogens with one attached hydrogen (secondary N) is 1. The molecule has 0 saturated heterocycles. The Balaban J connectivity index is 1.56. The smallest absolute Gasteiger partial charge is 0.310 e. The standard InChI is InChI=1S/C22H23NO4/c1-14(22(26)27)16-5-3-7-19(13-16)23-21(25)11-10-20(24)18-9-8-15-4-2-6-17(15)12-18/h3,5,7-9,12-14H,2,4,6,10-11H2,1H3,(H,23,25)(H,26,27). The molecule has 0 bridgehead atoms. The van der Waals surface area contributed by atoms with E-state index in [-0.39, 0.29) is 24.5 Å². The maximum absolute atomic E-state index is 12.4. The highest BCUT2D eigenvalue weighted by Crippen LogP contribution is 2.24.